The molecule has 0 saturated carbocycles. The molecule has 0 amide bonds. The number of hydrogen-bond acceptors (Lipinski definition) is 6. The Bertz CT molecular complexity index is 990. The molecule has 0 aliphatic heterocycles. The number of hydrogen-bond donors (Lipinski definition) is 0. The average Bonchev–Trinajstić information content (AvgIpc) is 2.82. The predicted molar refractivity (Wildman–Crippen MR) is 88.3 cm³/mol. The van der Waals surface area contributed by atoms with Crippen LogP contribution in [0, 0.1) is 13.8 Å². The molecule has 8 heteroatoms. The summed E-state index contributed by atoms with van der Waals surface area (Å²) in [4.78, 5) is 4.26. The molecule has 0 fully saturated rings. The van der Waals surface area contributed by atoms with Gasteiger partial charge >= 0.3 is 10.1 Å². The third-order valence-electron chi connectivity index (χ3n) is 3.61. The molecule has 0 aliphatic carbocycles. The number of benzene rings is 1. The molecule has 0 radical (unpaired) electrons. The fraction of sp³-hybridized carbons (Fsp3) is 0.250. The maximum atomic E-state index is 12.8. The monoisotopic (exact) mass is 347 g/mol. The van der Waals surface area contributed by atoms with Crippen LogP contribution in [0.1, 0.15) is 11.4 Å². The van der Waals surface area contributed by atoms with Gasteiger partial charge in [0.15, 0.2) is 5.75 Å². The number of aryl methyl sites for hydroxylation is 1. The van der Waals surface area contributed by atoms with Gasteiger partial charge in [0.05, 0.1) is 11.4 Å². The molecule has 0 bridgehead atoms. The summed E-state index contributed by atoms with van der Waals surface area (Å²) < 4.78 is 37.4. The Hall–Kier alpha value is -2.45. The van der Waals surface area contributed by atoms with Crippen molar-refractivity contribution >= 4 is 21.0 Å². The predicted octanol–water partition coefficient (Wildman–Crippen LogP) is 2.42. The quantitative estimate of drug-likeness (QED) is 0.659. The van der Waals surface area contributed by atoms with E-state index in [1.54, 1.807) is 38.2 Å². The van der Waals surface area contributed by atoms with Crippen molar-refractivity contribution in [2.45, 2.75) is 25.5 Å². The number of methoxy groups -OCH3 is 1. The summed E-state index contributed by atoms with van der Waals surface area (Å²) in [6.07, 6.45) is 1.59. The summed E-state index contributed by atoms with van der Waals surface area (Å²) in [5, 5.41) is 4.99. The molecule has 0 atom stereocenters. The standard InChI is InChI=1S/C16H17N3O4S/c1-11-16(12(2)19(18-11)10-22-3)24(20,21)23-14-8-4-6-13-7-5-9-17-15(13)14/h4-9H,10H2,1-3H3. The van der Waals surface area contributed by atoms with E-state index >= 15 is 0 Å². The summed E-state index contributed by atoms with van der Waals surface area (Å²) in [5.74, 6) is 0.186. The molecule has 3 rings (SSSR count). The molecule has 2 heterocycles. The van der Waals surface area contributed by atoms with Crippen LogP contribution >= 0.6 is 0 Å². The minimum atomic E-state index is -4.04. The molecular weight excluding hydrogens is 330 g/mol. The van der Waals surface area contributed by atoms with Crippen LogP contribution in [-0.2, 0) is 21.6 Å². The minimum Gasteiger partial charge on any atom is -0.377 e. The molecule has 7 nitrogen and oxygen atoms in total. The molecular formula is C16H17N3O4S. The van der Waals surface area contributed by atoms with Crippen molar-refractivity contribution in [1.82, 2.24) is 14.8 Å². The van der Waals surface area contributed by atoms with Crippen molar-refractivity contribution in [3.05, 3.63) is 47.9 Å². The van der Waals surface area contributed by atoms with Gasteiger partial charge in [0.25, 0.3) is 0 Å². The van der Waals surface area contributed by atoms with Crippen LogP contribution in [0.25, 0.3) is 10.9 Å². The molecule has 2 aromatic heterocycles. The first-order chi connectivity index (χ1) is 11.4. The molecule has 3 aromatic rings. The Morgan fingerprint density at radius 2 is 1.92 bits per heavy atom. The number of para-hydroxylation sites is 1. The molecule has 24 heavy (non-hydrogen) atoms. The van der Waals surface area contributed by atoms with Gasteiger partial charge in [-0.25, -0.2) is 4.68 Å². The van der Waals surface area contributed by atoms with E-state index in [4.69, 9.17) is 8.92 Å². The largest absolute Gasteiger partial charge is 0.377 e. The Balaban J connectivity index is 2.06. The second-order valence-corrected chi connectivity index (χ2v) is 6.77. The van der Waals surface area contributed by atoms with Gasteiger partial charge in [0, 0.05) is 18.7 Å². The highest BCUT2D eigenvalue weighted by Crippen LogP contribution is 2.28. The highest BCUT2D eigenvalue weighted by molar-refractivity contribution is 7.87. The highest BCUT2D eigenvalue weighted by Gasteiger charge is 2.27. The van der Waals surface area contributed by atoms with Gasteiger partial charge in [0.2, 0.25) is 0 Å². The summed E-state index contributed by atoms with van der Waals surface area (Å²) >= 11 is 0. The zero-order valence-electron chi connectivity index (χ0n) is 13.6. The molecule has 0 aliphatic rings. The molecule has 0 N–H and O–H groups in total. The number of nitrogens with zero attached hydrogens (tertiary/aromatic N) is 3. The van der Waals surface area contributed by atoms with E-state index in [9.17, 15) is 8.42 Å². The van der Waals surface area contributed by atoms with Crippen LogP contribution in [0.4, 0.5) is 0 Å². The molecule has 126 valence electrons. The number of rotatable bonds is 5. The van der Waals surface area contributed by atoms with Crippen molar-refractivity contribution in [3.8, 4) is 5.75 Å². The third kappa shape index (κ3) is 2.85. The van der Waals surface area contributed by atoms with E-state index in [-0.39, 0.29) is 17.4 Å². The Kier molecular flexibility index (Phi) is 4.25. The van der Waals surface area contributed by atoms with E-state index in [1.165, 1.54) is 11.8 Å². The van der Waals surface area contributed by atoms with E-state index in [1.807, 2.05) is 12.1 Å². The van der Waals surface area contributed by atoms with E-state index < -0.39 is 10.1 Å². The van der Waals surface area contributed by atoms with Crippen LogP contribution < -0.4 is 4.18 Å². The SMILES string of the molecule is COCn1nc(C)c(S(=O)(=O)Oc2cccc3cccnc23)c1C. The lowest BCUT2D eigenvalue weighted by molar-refractivity contribution is 0.118. The van der Waals surface area contributed by atoms with Crippen LogP contribution in [0.3, 0.4) is 0 Å². The van der Waals surface area contributed by atoms with Gasteiger partial charge in [-0.05, 0) is 26.0 Å². The maximum Gasteiger partial charge on any atom is 0.342 e. The zero-order chi connectivity index (χ0) is 17.3. The zero-order valence-corrected chi connectivity index (χ0v) is 14.4. The van der Waals surface area contributed by atoms with Crippen LogP contribution in [-0.4, -0.2) is 30.3 Å². The second-order valence-electron chi connectivity index (χ2n) is 5.29. The smallest absolute Gasteiger partial charge is 0.342 e. The topological polar surface area (TPSA) is 83.3 Å². The van der Waals surface area contributed by atoms with Crippen molar-refractivity contribution in [1.29, 1.82) is 0 Å². The van der Waals surface area contributed by atoms with E-state index in [0.717, 1.165) is 5.39 Å². The van der Waals surface area contributed by atoms with Gasteiger partial charge in [-0.15, -0.1) is 0 Å². The van der Waals surface area contributed by atoms with Gasteiger partial charge in [-0.1, -0.05) is 18.2 Å². The van der Waals surface area contributed by atoms with E-state index in [0.29, 0.717) is 16.9 Å². The van der Waals surface area contributed by atoms with Crippen molar-refractivity contribution < 1.29 is 17.3 Å². The van der Waals surface area contributed by atoms with Crippen LogP contribution in [0.2, 0.25) is 0 Å². The minimum absolute atomic E-state index is 0.0486. The summed E-state index contributed by atoms with van der Waals surface area (Å²) in [6, 6.07) is 8.77. The molecule has 0 unspecified atom stereocenters. The third-order valence-corrected chi connectivity index (χ3v) is 5.10. The first-order valence-electron chi connectivity index (χ1n) is 7.25. The molecule has 1 aromatic carbocycles. The number of fused-ring (bicyclic) bond motifs is 1. The summed E-state index contributed by atoms with van der Waals surface area (Å²) in [7, 11) is -2.53. The van der Waals surface area contributed by atoms with Gasteiger partial charge in [-0.3, -0.25) is 4.98 Å². The van der Waals surface area contributed by atoms with Gasteiger partial charge in [0.1, 0.15) is 17.1 Å². The van der Waals surface area contributed by atoms with Crippen molar-refractivity contribution in [2.24, 2.45) is 0 Å². The normalized spacial score (nSPS) is 11.8. The lowest BCUT2D eigenvalue weighted by atomic mass is 10.2. The number of ether oxygens (including phenoxy) is 1. The first kappa shape index (κ1) is 16.4. The van der Waals surface area contributed by atoms with Crippen LogP contribution in [0.15, 0.2) is 41.4 Å². The van der Waals surface area contributed by atoms with Crippen molar-refractivity contribution in [3.63, 3.8) is 0 Å². The number of aromatic nitrogens is 3. The van der Waals surface area contributed by atoms with Crippen molar-refractivity contribution in [2.75, 3.05) is 7.11 Å². The van der Waals surface area contributed by atoms with E-state index in [2.05, 4.69) is 10.1 Å². The summed E-state index contributed by atoms with van der Waals surface area (Å²) in [6.45, 7) is 3.45. The fourth-order valence-corrected chi connectivity index (χ4v) is 3.92. The lowest BCUT2D eigenvalue weighted by Crippen LogP contribution is -2.13. The second kappa shape index (κ2) is 6.21. The molecule has 0 saturated heterocycles. The fourth-order valence-electron chi connectivity index (χ4n) is 2.59. The van der Waals surface area contributed by atoms with Gasteiger partial charge < -0.3 is 8.92 Å². The number of pyridine rings is 1. The Labute approximate surface area is 140 Å². The van der Waals surface area contributed by atoms with Gasteiger partial charge in [-0.2, -0.15) is 13.5 Å². The molecule has 0 spiro atoms. The Morgan fingerprint density at radius 1 is 1.17 bits per heavy atom. The first-order valence-corrected chi connectivity index (χ1v) is 8.66. The summed E-state index contributed by atoms with van der Waals surface area (Å²) in [5.41, 5.74) is 1.31. The highest BCUT2D eigenvalue weighted by atomic mass is 32.2. The average molecular weight is 347 g/mol. The van der Waals surface area contributed by atoms with Crippen LogP contribution in [0.5, 0.6) is 5.75 Å². The maximum absolute atomic E-state index is 12.8. The lowest BCUT2D eigenvalue weighted by Gasteiger charge is -2.09. The Morgan fingerprint density at radius 3 is 2.67 bits per heavy atom.